The second-order valence-corrected chi connectivity index (χ2v) is 10.4. The largest absolute Gasteiger partial charge is 0.253 e. The Morgan fingerprint density at radius 3 is 1.89 bits per heavy atom. The Morgan fingerprint density at radius 2 is 1.32 bits per heavy atom. The van der Waals surface area contributed by atoms with Crippen molar-refractivity contribution in [1.29, 1.82) is 0 Å². The van der Waals surface area contributed by atoms with Gasteiger partial charge in [0.1, 0.15) is 5.37 Å². The third kappa shape index (κ3) is 3.43. The van der Waals surface area contributed by atoms with Crippen LogP contribution in [0.1, 0.15) is 22.7 Å². The lowest BCUT2D eigenvalue weighted by atomic mass is 10.2. The van der Waals surface area contributed by atoms with Gasteiger partial charge in [0.2, 0.25) is 10.0 Å². The van der Waals surface area contributed by atoms with E-state index in [2.05, 4.69) is 0 Å². The first-order chi connectivity index (χ1) is 13.4. The average molecular weight is 412 g/mol. The minimum atomic E-state index is -3.75. The number of nitrogens with zero attached hydrogens (tertiary/aromatic N) is 1. The van der Waals surface area contributed by atoms with Gasteiger partial charge in [-0.3, -0.25) is 4.21 Å². The third-order valence-corrected chi connectivity index (χ3v) is 8.59. The number of sulfonamides is 1. The second kappa shape index (κ2) is 7.28. The molecule has 1 aliphatic heterocycles. The smallest absolute Gasteiger partial charge is 0.244 e. The molecule has 1 saturated heterocycles. The predicted molar refractivity (Wildman–Crippen MR) is 111 cm³/mol. The predicted octanol–water partition coefficient (Wildman–Crippen LogP) is 4.18. The maximum atomic E-state index is 13.3. The summed E-state index contributed by atoms with van der Waals surface area (Å²) in [6.07, 6.45) is 0. The SMILES string of the molecule is Cc1ccc(S(=O)[C@H]2[C@@H](c3ccccc3)N2S(=O)(=O)c2ccc(C)cc2)cc1. The molecular formula is C22H21NO3S2. The lowest BCUT2D eigenvalue weighted by molar-refractivity contribution is 0.551. The number of aryl methyl sites for hydroxylation is 2. The van der Waals surface area contributed by atoms with E-state index in [1.165, 1.54) is 4.31 Å². The van der Waals surface area contributed by atoms with Crippen molar-refractivity contribution in [3.8, 4) is 0 Å². The van der Waals surface area contributed by atoms with Crippen molar-refractivity contribution in [2.24, 2.45) is 0 Å². The minimum absolute atomic E-state index is 0.224. The molecule has 0 bridgehead atoms. The molecule has 2 unspecified atom stereocenters. The molecule has 4 nitrogen and oxygen atoms in total. The topological polar surface area (TPSA) is 54.2 Å². The van der Waals surface area contributed by atoms with Gasteiger partial charge in [-0.2, -0.15) is 4.31 Å². The lowest BCUT2D eigenvalue weighted by Gasteiger charge is -2.07. The Kier molecular flexibility index (Phi) is 4.95. The van der Waals surface area contributed by atoms with E-state index in [1.807, 2.05) is 68.4 Å². The molecule has 3 aromatic carbocycles. The van der Waals surface area contributed by atoms with Crippen molar-refractivity contribution in [1.82, 2.24) is 4.31 Å². The molecule has 1 fully saturated rings. The van der Waals surface area contributed by atoms with E-state index in [0.717, 1.165) is 16.7 Å². The van der Waals surface area contributed by atoms with Crippen molar-refractivity contribution in [2.75, 3.05) is 0 Å². The minimum Gasteiger partial charge on any atom is -0.253 e. The van der Waals surface area contributed by atoms with Gasteiger partial charge in [0.25, 0.3) is 0 Å². The van der Waals surface area contributed by atoms with E-state index in [1.54, 1.807) is 24.3 Å². The van der Waals surface area contributed by atoms with Crippen LogP contribution < -0.4 is 0 Å². The first-order valence-corrected chi connectivity index (χ1v) is 11.7. The standard InChI is InChI=1S/C22H21NO3S2/c1-16-8-12-19(13-9-16)27(24)22-21(18-6-4-3-5-7-18)23(22)28(25,26)20-14-10-17(2)11-15-20/h3-15,21-22H,1-2H3/t21-,22+,23?,27?/m1/s1. The Balaban J connectivity index is 1.74. The monoisotopic (exact) mass is 411 g/mol. The summed E-state index contributed by atoms with van der Waals surface area (Å²) in [5.74, 6) is 0. The fourth-order valence-corrected chi connectivity index (χ4v) is 6.99. The van der Waals surface area contributed by atoms with Gasteiger partial charge in [0, 0.05) is 4.90 Å². The molecule has 0 amide bonds. The van der Waals surface area contributed by atoms with E-state index in [9.17, 15) is 12.6 Å². The van der Waals surface area contributed by atoms with Gasteiger partial charge >= 0.3 is 0 Å². The lowest BCUT2D eigenvalue weighted by Crippen LogP contribution is -2.17. The summed E-state index contributed by atoms with van der Waals surface area (Å²) in [4.78, 5) is 0.862. The molecule has 4 rings (SSSR count). The maximum Gasteiger partial charge on any atom is 0.244 e. The summed E-state index contributed by atoms with van der Waals surface area (Å²) >= 11 is 0. The first kappa shape index (κ1) is 19.1. The normalized spacial score (nSPS) is 22.6. The van der Waals surface area contributed by atoms with Crippen LogP contribution in [0.15, 0.2) is 88.7 Å². The van der Waals surface area contributed by atoms with E-state index in [-0.39, 0.29) is 4.90 Å². The van der Waals surface area contributed by atoms with Crippen LogP contribution >= 0.6 is 0 Å². The maximum absolute atomic E-state index is 13.3. The van der Waals surface area contributed by atoms with Crippen LogP contribution in [0.3, 0.4) is 0 Å². The summed E-state index contributed by atoms with van der Waals surface area (Å²) in [7, 11) is -5.22. The fraction of sp³-hybridized carbons (Fsp3) is 0.182. The van der Waals surface area contributed by atoms with E-state index in [0.29, 0.717) is 4.90 Å². The highest BCUT2D eigenvalue weighted by Crippen LogP contribution is 2.50. The number of rotatable bonds is 5. The molecule has 3 aromatic rings. The molecule has 0 aliphatic carbocycles. The van der Waals surface area contributed by atoms with Crippen LogP contribution in [-0.2, 0) is 20.8 Å². The molecule has 28 heavy (non-hydrogen) atoms. The molecule has 4 atom stereocenters. The summed E-state index contributed by atoms with van der Waals surface area (Å²) in [5, 5.41) is -0.614. The van der Waals surface area contributed by atoms with Crippen LogP contribution in [0, 0.1) is 13.8 Å². The van der Waals surface area contributed by atoms with Gasteiger partial charge in [-0.05, 0) is 43.7 Å². The molecule has 0 aromatic heterocycles. The summed E-state index contributed by atoms with van der Waals surface area (Å²) in [6.45, 7) is 3.88. The van der Waals surface area contributed by atoms with Crippen molar-refractivity contribution < 1.29 is 12.6 Å². The second-order valence-electron chi connectivity index (χ2n) is 7.00. The van der Waals surface area contributed by atoms with E-state index < -0.39 is 32.2 Å². The van der Waals surface area contributed by atoms with Crippen molar-refractivity contribution in [3.05, 3.63) is 95.6 Å². The summed E-state index contributed by atoms with van der Waals surface area (Å²) in [6, 6.07) is 23.1. The Bertz CT molecular complexity index is 1110. The van der Waals surface area contributed by atoms with E-state index >= 15 is 0 Å². The molecular weight excluding hydrogens is 390 g/mol. The summed E-state index contributed by atoms with van der Waals surface area (Å²) in [5.41, 5.74) is 2.91. The highest BCUT2D eigenvalue weighted by atomic mass is 32.2. The van der Waals surface area contributed by atoms with Crippen molar-refractivity contribution in [3.63, 3.8) is 0 Å². The van der Waals surface area contributed by atoms with Crippen LogP contribution in [0.4, 0.5) is 0 Å². The van der Waals surface area contributed by atoms with Gasteiger partial charge in [-0.1, -0.05) is 65.7 Å². The van der Waals surface area contributed by atoms with Crippen LogP contribution in [0.25, 0.3) is 0 Å². The Hall–Kier alpha value is -2.28. The van der Waals surface area contributed by atoms with Gasteiger partial charge < -0.3 is 0 Å². The third-order valence-electron chi connectivity index (χ3n) is 4.92. The number of hydrogen-bond acceptors (Lipinski definition) is 3. The van der Waals surface area contributed by atoms with Gasteiger partial charge in [-0.25, -0.2) is 8.42 Å². The fourth-order valence-electron chi connectivity index (χ4n) is 3.29. The molecule has 0 spiro atoms. The highest BCUT2D eigenvalue weighted by molar-refractivity contribution is 7.92. The Morgan fingerprint density at radius 1 is 0.786 bits per heavy atom. The zero-order chi connectivity index (χ0) is 19.9. The van der Waals surface area contributed by atoms with Crippen LogP contribution in [-0.4, -0.2) is 22.3 Å². The number of hydrogen-bond donors (Lipinski definition) is 0. The molecule has 6 heteroatoms. The Labute approximate surface area is 168 Å². The van der Waals surface area contributed by atoms with Gasteiger partial charge in [0.05, 0.1) is 21.7 Å². The van der Waals surface area contributed by atoms with Crippen molar-refractivity contribution in [2.45, 2.75) is 35.1 Å². The number of benzene rings is 3. The zero-order valence-corrected chi connectivity index (χ0v) is 17.3. The molecule has 0 radical (unpaired) electrons. The molecule has 144 valence electrons. The molecule has 1 heterocycles. The van der Waals surface area contributed by atoms with Gasteiger partial charge in [0.15, 0.2) is 0 Å². The zero-order valence-electron chi connectivity index (χ0n) is 15.6. The quantitative estimate of drug-likeness (QED) is 0.592. The van der Waals surface area contributed by atoms with E-state index in [4.69, 9.17) is 0 Å². The van der Waals surface area contributed by atoms with Crippen LogP contribution in [0.2, 0.25) is 0 Å². The molecule has 0 N–H and O–H groups in total. The van der Waals surface area contributed by atoms with Crippen molar-refractivity contribution >= 4 is 20.8 Å². The van der Waals surface area contributed by atoms with Gasteiger partial charge in [-0.15, -0.1) is 0 Å². The molecule has 0 saturated carbocycles. The first-order valence-electron chi connectivity index (χ1n) is 9.02. The highest BCUT2D eigenvalue weighted by Gasteiger charge is 2.59. The van der Waals surface area contributed by atoms with Crippen LogP contribution in [0.5, 0.6) is 0 Å². The summed E-state index contributed by atoms with van der Waals surface area (Å²) < 4.78 is 41.2. The molecule has 1 aliphatic rings. The average Bonchev–Trinajstić information content (AvgIpc) is 3.46.